The average molecular weight is 398 g/mol. The van der Waals surface area contributed by atoms with Crippen LogP contribution in [-0.2, 0) is 33.3 Å². The summed E-state index contributed by atoms with van der Waals surface area (Å²) in [4.78, 5) is 36.1. The van der Waals surface area contributed by atoms with E-state index in [0.29, 0.717) is 24.3 Å². The third kappa shape index (κ3) is 5.20. The van der Waals surface area contributed by atoms with Gasteiger partial charge in [0.1, 0.15) is 6.29 Å². The first kappa shape index (κ1) is 24.3. The maximum Gasteiger partial charge on any atom is 0.330 e. The summed E-state index contributed by atoms with van der Waals surface area (Å²) in [6.45, 7) is 9.19. The number of carbonyl (C=O) groups is 3. The molecule has 0 N–H and O–H groups in total. The first-order chi connectivity index (χ1) is 13.1. The summed E-state index contributed by atoms with van der Waals surface area (Å²) in [7, 11) is 2.70. The van der Waals surface area contributed by atoms with Crippen molar-refractivity contribution in [2.45, 2.75) is 78.3 Å². The molecule has 1 rings (SSSR count). The number of esters is 2. The Morgan fingerprint density at radius 1 is 1.32 bits per heavy atom. The zero-order valence-corrected chi connectivity index (χ0v) is 18.1. The highest BCUT2D eigenvalue weighted by Crippen LogP contribution is 2.47. The highest BCUT2D eigenvalue weighted by molar-refractivity contribution is 5.83. The Morgan fingerprint density at radius 3 is 2.43 bits per heavy atom. The highest BCUT2D eigenvalue weighted by Gasteiger charge is 2.60. The second kappa shape index (κ2) is 10.2. The van der Waals surface area contributed by atoms with Crippen LogP contribution >= 0.6 is 0 Å². The topological polar surface area (TPSA) is 88.1 Å². The molecule has 0 aromatic carbocycles. The number of hydrogen-bond acceptors (Lipinski definition) is 7. The largest absolute Gasteiger partial charge is 0.466 e. The zero-order chi connectivity index (χ0) is 21.5. The molecule has 7 heteroatoms. The number of methoxy groups -OCH3 is 2. The zero-order valence-electron chi connectivity index (χ0n) is 18.1. The van der Waals surface area contributed by atoms with Gasteiger partial charge in [-0.3, -0.25) is 4.79 Å². The van der Waals surface area contributed by atoms with Gasteiger partial charge in [0.05, 0.1) is 18.6 Å². The minimum Gasteiger partial charge on any atom is -0.466 e. The van der Waals surface area contributed by atoms with Gasteiger partial charge in [0.25, 0.3) is 0 Å². The van der Waals surface area contributed by atoms with Crippen molar-refractivity contribution in [3.8, 4) is 0 Å². The van der Waals surface area contributed by atoms with E-state index in [4.69, 9.17) is 18.9 Å². The molecule has 7 nitrogen and oxygen atoms in total. The molecule has 0 saturated carbocycles. The fraction of sp³-hybridized carbons (Fsp3) is 0.762. The van der Waals surface area contributed by atoms with Crippen LogP contribution in [0.1, 0.15) is 60.3 Å². The SMILES string of the molecule is CCC(=O)O[C@H]1/C(=C/C(=O)OC)C[C@@H](CC(C)CC)O[C@@]1(OC)C(C)(C)C=O. The van der Waals surface area contributed by atoms with Gasteiger partial charge in [0, 0.05) is 19.6 Å². The molecule has 1 unspecified atom stereocenters. The van der Waals surface area contributed by atoms with Crippen LogP contribution in [-0.4, -0.2) is 50.4 Å². The van der Waals surface area contributed by atoms with Crippen molar-refractivity contribution in [2.24, 2.45) is 11.3 Å². The van der Waals surface area contributed by atoms with Gasteiger partial charge in [0.2, 0.25) is 5.79 Å². The molecule has 28 heavy (non-hydrogen) atoms. The summed E-state index contributed by atoms with van der Waals surface area (Å²) in [5, 5.41) is 0. The lowest BCUT2D eigenvalue weighted by molar-refractivity contribution is -0.336. The predicted octanol–water partition coefficient (Wildman–Crippen LogP) is 3.20. The Bertz CT molecular complexity index is 596. The van der Waals surface area contributed by atoms with Gasteiger partial charge in [-0.05, 0) is 38.2 Å². The number of rotatable bonds is 9. The third-order valence-electron chi connectivity index (χ3n) is 5.39. The molecule has 0 radical (unpaired) electrons. The van der Waals surface area contributed by atoms with Crippen LogP contribution in [0, 0.1) is 11.3 Å². The average Bonchev–Trinajstić information content (AvgIpc) is 2.68. The number of carbonyl (C=O) groups excluding carboxylic acids is 3. The first-order valence-electron chi connectivity index (χ1n) is 9.77. The van der Waals surface area contributed by atoms with Crippen LogP contribution in [0.5, 0.6) is 0 Å². The molecule has 1 saturated heterocycles. The van der Waals surface area contributed by atoms with Gasteiger partial charge >= 0.3 is 11.9 Å². The molecule has 0 aromatic rings. The molecule has 1 aliphatic rings. The molecule has 0 aliphatic carbocycles. The van der Waals surface area contributed by atoms with Gasteiger partial charge in [-0.15, -0.1) is 0 Å². The molecule has 1 aliphatic heterocycles. The van der Waals surface area contributed by atoms with Crippen molar-refractivity contribution in [3.63, 3.8) is 0 Å². The van der Waals surface area contributed by atoms with Crippen molar-refractivity contribution in [1.29, 1.82) is 0 Å². The van der Waals surface area contributed by atoms with Crippen LogP contribution in [0.3, 0.4) is 0 Å². The maximum atomic E-state index is 12.1. The van der Waals surface area contributed by atoms with E-state index >= 15 is 0 Å². The Kier molecular flexibility index (Phi) is 8.82. The molecule has 160 valence electrons. The molecule has 4 atom stereocenters. The molecule has 0 bridgehead atoms. The molecular formula is C21H34O7. The van der Waals surface area contributed by atoms with Crippen molar-refractivity contribution in [2.75, 3.05) is 14.2 Å². The van der Waals surface area contributed by atoms with Crippen molar-refractivity contribution in [3.05, 3.63) is 11.6 Å². The second-order valence-electron chi connectivity index (χ2n) is 7.87. The lowest BCUT2D eigenvalue weighted by Crippen LogP contribution is -2.64. The van der Waals surface area contributed by atoms with Gasteiger partial charge in [-0.2, -0.15) is 0 Å². The smallest absolute Gasteiger partial charge is 0.330 e. The maximum absolute atomic E-state index is 12.1. The monoisotopic (exact) mass is 398 g/mol. The van der Waals surface area contributed by atoms with Gasteiger partial charge in [-0.1, -0.05) is 27.2 Å². The van der Waals surface area contributed by atoms with Crippen LogP contribution < -0.4 is 0 Å². The van der Waals surface area contributed by atoms with Gasteiger partial charge in [0.15, 0.2) is 6.10 Å². The van der Waals surface area contributed by atoms with Crippen LogP contribution in [0.25, 0.3) is 0 Å². The van der Waals surface area contributed by atoms with Crippen molar-refractivity contribution in [1.82, 2.24) is 0 Å². The fourth-order valence-corrected chi connectivity index (χ4v) is 3.42. The van der Waals surface area contributed by atoms with Crippen molar-refractivity contribution < 1.29 is 33.3 Å². The predicted molar refractivity (Wildman–Crippen MR) is 103 cm³/mol. The minimum absolute atomic E-state index is 0.139. The second-order valence-corrected chi connectivity index (χ2v) is 7.87. The Hall–Kier alpha value is -1.73. The van der Waals surface area contributed by atoms with Crippen LogP contribution in [0.15, 0.2) is 11.6 Å². The lowest BCUT2D eigenvalue weighted by atomic mass is 9.75. The quantitative estimate of drug-likeness (QED) is 0.335. The molecule has 0 spiro atoms. The minimum atomic E-state index is -1.56. The molecular weight excluding hydrogens is 364 g/mol. The fourth-order valence-electron chi connectivity index (χ4n) is 3.42. The van der Waals surface area contributed by atoms with E-state index in [-0.39, 0.29) is 12.5 Å². The summed E-state index contributed by atoms with van der Waals surface area (Å²) in [6.07, 6.45) is 2.88. The van der Waals surface area contributed by atoms with Gasteiger partial charge in [-0.25, -0.2) is 4.79 Å². The summed E-state index contributed by atoms with van der Waals surface area (Å²) < 4.78 is 22.5. The lowest BCUT2D eigenvalue weighted by Gasteiger charge is -2.52. The Morgan fingerprint density at radius 2 is 1.96 bits per heavy atom. The summed E-state index contributed by atoms with van der Waals surface area (Å²) in [6, 6.07) is 0. The molecule has 1 heterocycles. The van der Waals surface area contributed by atoms with Crippen LogP contribution in [0.4, 0.5) is 0 Å². The van der Waals surface area contributed by atoms with E-state index in [0.717, 1.165) is 12.7 Å². The highest BCUT2D eigenvalue weighted by atomic mass is 16.7. The molecule has 0 amide bonds. The van der Waals surface area contributed by atoms with E-state index in [2.05, 4.69) is 13.8 Å². The van der Waals surface area contributed by atoms with E-state index in [1.165, 1.54) is 20.3 Å². The summed E-state index contributed by atoms with van der Waals surface area (Å²) >= 11 is 0. The van der Waals surface area contributed by atoms with E-state index in [1.807, 2.05) is 0 Å². The van der Waals surface area contributed by atoms with Crippen molar-refractivity contribution >= 4 is 18.2 Å². The first-order valence-corrected chi connectivity index (χ1v) is 9.77. The summed E-state index contributed by atoms with van der Waals surface area (Å²) in [5.41, 5.74) is -0.631. The molecule has 1 fully saturated rings. The Balaban J connectivity index is 3.55. The standard InChI is InChI=1S/C21H34O7/c1-8-14(3)10-16-11-15(12-18(24)25-6)19(27-17(23)9-2)21(26-7,28-16)20(4,5)13-22/h12-14,16,19H,8-11H2,1-7H3/b15-12+/t14?,16-,19+,21-/m1/s1. The number of aldehydes is 1. The Labute approximate surface area is 167 Å². The summed E-state index contributed by atoms with van der Waals surface area (Å²) in [5.74, 6) is -2.23. The number of hydrogen-bond donors (Lipinski definition) is 0. The van der Waals surface area contributed by atoms with E-state index in [9.17, 15) is 14.4 Å². The van der Waals surface area contributed by atoms with Gasteiger partial charge < -0.3 is 23.7 Å². The van der Waals surface area contributed by atoms with E-state index < -0.39 is 29.2 Å². The molecule has 0 aromatic heterocycles. The third-order valence-corrected chi connectivity index (χ3v) is 5.39. The number of ether oxygens (including phenoxy) is 4. The van der Waals surface area contributed by atoms with E-state index in [1.54, 1.807) is 20.8 Å². The normalized spacial score (nSPS) is 27.9. The van der Waals surface area contributed by atoms with Crippen LogP contribution in [0.2, 0.25) is 0 Å².